The fourth-order valence-corrected chi connectivity index (χ4v) is 8.41. The molecule has 0 saturated carbocycles. The maximum atomic E-state index is 14.2. The van der Waals surface area contributed by atoms with Crippen molar-refractivity contribution in [2.75, 3.05) is 11.5 Å². The number of carboxylic acids is 1. The maximum absolute atomic E-state index is 14.2. The number of rotatable bonds is 32. The van der Waals surface area contributed by atoms with Crippen LogP contribution < -0.4 is 48.3 Å². The number of nitrogens with one attached hydrogen (secondary N) is 8. The van der Waals surface area contributed by atoms with Crippen LogP contribution in [0.5, 0.6) is 0 Å². The third kappa shape index (κ3) is 23.3. The van der Waals surface area contributed by atoms with Crippen molar-refractivity contribution >= 4 is 78.5 Å². The molecule has 0 fully saturated rings. The largest absolute Gasteiger partial charge is 0.480 e. The van der Waals surface area contributed by atoms with Crippen LogP contribution in [0.3, 0.4) is 0 Å². The molecule has 0 heterocycles. The van der Waals surface area contributed by atoms with E-state index in [-0.39, 0.29) is 73.7 Å². The summed E-state index contributed by atoms with van der Waals surface area (Å²) in [4.78, 5) is 122. The molecule has 0 saturated heterocycles. The van der Waals surface area contributed by atoms with Gasteiger partial charge in [-0.1, -0.05) is 130 Å². The van der Waals surface area contributed by atoms with Crippen LogP contribution in [0.1, 0.15) is 106 Å². The third-order valence-electron chi connectivity index (χ3n) is 11.8. The fourth-order valence-electron chi connectivity index (χ4n) is 7.90. The van der Waals surface area contributed by atoms with Crippen LogP contribution in [-0.4, -0.2) is 124 Å². The Morgan fingerprint density at radius 3 is 1.08 bits per heavy atom. The Labute approximate surface area is 448 Å². The molecule has 9 atom stereocenters. The van der Waals surface area contributed by atoms with Gasteiger partial charge in [0.05, 0.1) is 6.04 Å². The van der Waals surface area contributed by atoms with Crippen molar-refractivity contribution < 1.29 is 48.3 Å². The van der Waals surface area contributed by atoms with Gasteiger partial charge in [0.25, 0.3) is 0 Å². The molecule has 0 aromatic heterocycles. The van der Waals surface area contributed by atoms with Crippen molar-refractivity contribution in [1.82, 2.24) is 42.5 Å². The second-order valence-corrected chi connectivity index (χ2v) is 21.6. The van der Waals surface area contributed by atoms with E-state index in [9.17, 15) is 48.3 Å². The maximum Gasteiger partial charge on any atom is 0.326 e. The molecule has 0 unspecified atom stereocenters. The van der Waals surface area contributed by atoms with Gasteiger partial charge in [-0.2, -0.15) is 25.3 Å². The van der Waals surface area contributed by atoms with E-state index >= 15 is 0 Å². The summed E-state index contributed by atoms with van der Waals surface area (Å²) < 4.78 is 0. The molecule has 0 bridgehead atoms. The fraction of sp³-hybridized carbons (Fsp3) is 0.604. The zero-order valence-electron chi connectivity index (χ0n) is 44.6. The molecular formula is C53H83N9O10S2. The summed E-state index contributed by atoms with van der Waals surface area (Å²) in [6.07, 6.45) is 0.953. The first-order valence-corrected chi connectivity index (χ1v) is 26.7. The van der Waals surface area contributed by atoms with Gasteiger partial charge < -0.3 is 53.4 Å². The van der Waals surface area contributed by atoms with E-state index in [1.165, 1.54) is 0 Å². The molecule has 0 aliphatic rings. The number of carbonyl (C=O) groups excluding carboxylic acids is 8. The summed E-state index contributed by atoms with van der Waals surface area (Å²) in [5, 5.41) is 31.2. The number of hydrogen-bond donors (Lipinski definition) is 12. The molecule has 74 heavy (non-hydrogen) atoms. The van der Waals surface area contributed by atoms with Crippen LogP contribution >= 0.6 is 25.3 Å². The number of amides is 8. The summed E-state index contributed by atoms with van der Waals surface area (Å²) in [6.45, 7) is 18.2. The van der Waals surface area contributed by atoms with Crippen LogP contribution in [0, 0.1) is 29.6 Å². The van der Waals surface area contributed by atoms with Gasteiger partial charge in [0.1, 0.15) is 48.3 Å². The number of hydrogen-bond acceptors (Lipinski definition) is 12. The van der Waals surface area contributed by atoms with Crippen molar-refractivity contribution in [3.8, 4) is 0 Å². The van der Waals surface area contributed by atoms with E-state index in [2.05, 4.69) is 67.8 Å². The number of thiol groups is 2. The normalized spacial score (nSPS) is 15.1. The van der Waals surface area contributed by atoms with Crippen molar-refractivity contribution in [3.05, 3.63) is 71.8 Å². The molecule has 21 heteroatoms. The predicted molar refractivity (Wildman–Crippen MR) is 292 cm³/mol. The highest BCUT2D eigenvalue weighted by atomic mass is 32.1. The second kappa shape index (κ2) is 32.6. The first-order valence-electron chi connectivity index (χ1n) is 25.5. The lowest BCUT2D eigenvalue weighted by molar-refractivity contribution is -0.143. The average molecular weight is 1070 g/mol. The Morgan fingerprint density at radius 1 is 0.405 bits per heavy atom. The van der Waals surface area contributed by atoms with E-state index in [1.54, 1.807) is 44.2 Å². The number of carbonyl (C=O) groups is 9. The zero-order valence-corrected chi connectivity index (χ0v) is 46.4. The SMILES string of the molecule is CC(C)C[C@H](NC(=O)[C@H](CC(C)C)NC(=O)[C@@H](NC(=O)[C@H](CS)NC(=O)[C@H](Cc1ccccc1)NC(=O)[C@H](CS)NC(=O)[C@H](CC(C)C)NC(=O)[C@H](CC(C)C)NC(=O)[C@@H](N)Cc1ccccc1)C(C)C)C(=O)O. The molecule has 0 spiro atoms. The van der Waals surface area contributed by atoms with Gasteiger partial charge >= 0.3 is 5.97 Å². The van der Waals surface area contributed by atoms with Crippen LogP contribution in [-0.2, 0) is 56.0 Å². The Morgan fingerprint density at radius 2 is 0.703 bits per heavy atom. The van der Waals surface area contributed by atoms with Crippen molar-refractivity contribution in [2.24, 2.45) is 35.3 Å². The third-order valence-corrected chi connectivity index (χ3v) is 12.5. The Bertz CT molecular complexity index is 2150. The minimum absolute atomic E-state index is 0.0290. The summed E-state index contributed by atoms with van der Waals surface area (Å²) in [5.41, 5.74) is 7.73. The van der Waals surface area contributed by atoms with Crippen LogP contribution in [0.4, 0.5) is 0 Å². The van der Waals surface area contributed by atoms with Gasteiger partial charge in [-0.05, 0) is 72.8 Å². The molecule has 0 aliphatic carbocycles. The van der Waals surface area contributed by atoms with E-state index in [1.807, 2.05) is 85.7 Å². The van der Waals surface area contributed by atoms with E-state index in [0.29, 0.717) is 5.56 Å². The topological polar surface area (TPSA) is 296 Å². The smallest absolute Gasteiger partial charge is 0.326 e. The van der Waals surface area contributed by atoms with Gasteiger partial charge in [0.2, 0.25) is 47.3 Å². The molecule has 11 N–H and O–H groups in total. The van der Waals surface area contributed by atoms with Gasteiger partial charge in [-0.15, -0.1) is 0 Å². The average Bonchev–Trinajstić information content (AvgIpc) is 3.32. The van der Waals surface area contributed by atoms with Crippen molar-refractivity contribution in [3.63, 3.8) is 0 Å². The summed E-state index contributed by atoms with van der Waals surface area (Å²) in [7, 11) is 0. The van der Waals surface area contributed by atoms with E-state index < -0.39 is 114 Å². The highest BCUT2D eigenvalue weighted by molar-refractivity contribution is 7.80. The first-order chi connectivity index (χ1) is 34.8. The van der Waals surface area contributed by atoms with Crippen LogP contribution in [0.25, 0.3) is 0 Å². The molecular weight excluding hydrogens is 987 g/mol. The van der Waals surface area contributed by atoms with E-state index in [0.717, 1.165) is 5.56 Å². The summed E-state index contributed by atoms with van der Waals surface area (Å²) in [5.74, 6) is -8.05. The molecule has 412 valence electrons. The monoisotopic (exact) mass is 1070 g/mol. The second-order valence-electron chi connectivity index (χ2n) is 20.9. The van der Waals surface area contributed by atoms with Crippen LogP contribution in [0.15, 0.2) is 60.7 Å². The zero-order chi connectivity index (χ0) is 55.8. The number of benzene rings is 2. The van der Waals surface area contributed by atoms with Gasteiger partial charge in [0.15, 0.2) is 0 Å². The van der Waals surface area contributed by atoms with Crippen LogP contribution in [0.2, 0.25) is 0 Å². The first kappa shape index (κ1) is 64.4. The molecule has 19 nitrogen and oxygen atoms in total. The molecule has 2 rings (SSSR count). The minimum Gasteiger partial charge on any atom is -0.480 e. The Hall–Kier alpha value is -5.67. The van der Waals surface area contributed by atoms with Gasteiger partial charge in [-0.3, -0.25) is 38.4 Å². The number of nitrogens with two attached hydrogens (primary N) is 1. The lowest BCUT2D eigenvalue weighted by atomic mass is 9.98. The molecule has 8 amide bonds. The molecule has 2 aromatic rings. The summed E-state index contributed by atoms with van der Waals surface area (Å²) in [6, 6.07) is 7.37. The predicted octanol–water partition coefficient (Wildman–Crippen LogP) is 2.46. The minimum atomic E-state index is -1.33. The molecule has 0 aliphatic heterocycles. The lowest BCUT2D eigenvalue weighted by Crippen LogP contribution is -2.61. The van der Waals surface area contributed by atoms with Gasteiger partial charge in [-0.25, -0.2) is 4.79 Å². The number of carboxylic acid groups (broad SMARTS) is 1. The Balaban J connectivity index is 2.30. The molecule has 0 radical (unpaired) electrons. The number of aliphatic carboxylic acids is 1. The summed E-state index contributed by atoms with van der Waals surface area (Å²) >= 11 is 8.68. The highest BCUT2D eigenvalue weighted by Crippen LogP contribution is 2.14. The Kier molecular flexibility index (Phi) is 28.4. The lowest BCUT2D eigenvalue weighted by Gasteiger charge is -2.29. The van der Waals surface area contributed by atoms with Gasteiger partial charge in [0, 0.05) is 17.9 Å². The van der Waals surface area contributed by atoms with E-state index in [4.69, 9.17) is 5.73 Å². The standard InChI is InChI=1S/C53H83N9O10S2/c1-29(2)21-37(55-45(63)36(54)25-34-17-13-11-14-18-34)46(64)56-38(22-30(3)4)48(66)60-42(27-73)50(68)57-40(26-35-19-15-12-16-20-35)49(67)61-43(28-74)51(69)62-44(33(9)10)52(70)58-39(23-31(5)6)47(65)59-41(53(71)72)24-32(7)8/h11-20,29-33,36-44,73-74H,21-28,54H2,1-10H3,(H,55,63)(H,56,64)(H,57,68)(H,58,70)(H,59,65)(H,60,66)(H,61,67)(H,62,69)(H,71,72)/t36-,37-,38-,39-,40-,41-,42-,43-,44-/m0/s1. The quantitative estimate of drug-likeness (QED) is 0.0473. The molecule has 2 aromatic carbocycles. The van der Waals surface area contributed by atoms with Crippen molar-refractivity contribution in [2.45, 2.75) is 162 Å². The highest BCUT2D eigenvalue weighted by Gasteiger charge is 2.36. The van der Waals surface area contributed by atoms with Crippen molar-refractivity contribution in [1.29, 1.82) is 0 Å².